The van der Waals surface area contributed by atoms with Crippen molar-refractivity contribution in [2.75, 3.05) is 14.1 Å². The number of hydrogen-bond acceptors (Lipinski definition) is 2. The second kappa shape index (κ2) is 6.63. The number of carbonyl (C=O) groups excluding carboxylic acids is 2. The van der Waals surface area contributed by atoms with Gasteiger partial charge >= 0.3 is 0 Å². The number of Topliss-reactive ketones (excluding diaryl/α,β-unsaturated/α-hetero) is 1. The van der Waals surface area contributed by atoms with Crippen LogP contribution in [0, 0.1) is 0 Å². The molecule has 1 saturated carbocycles. The maximum atomic E-state index is 10.5. The molecule has 0 aliphatic heterocycles. The Morgan fingerprint density at radius 1 is 1.15 bits per heavy atom. The molecule has 3 heteroatoms. The summed E-state index contributed by atoms with van der Waals surface area (Å²) in [6.45, 7) is 1.53. The van der Waals surface area contributed by atoms with E-state index in [1.807, 2.05) is 0 Å². The lowest BCUT2D eigenvalue weighted by Crippen LogP contribution is -2.17. The molecule has 1 aliphatic rings. The maximum Gasteiger partial charge on any atom is 0.218 e. The summed E-state index contributed by atoms with van der Waals surface area (Å²) in [5.41, 5.74) is 0. The van der Waals surface area contributed by atoms with Crippen molar-refractivity contribution in [2.45, 2.75) is 39.0 Å². The molecule has 0 aromatic carbocycles. The van der Waals surface area contributed by atoms with Gasteiger partial charge in [-0.1, -0.05) is 6.42 Å². The Morgan fingerprint density at radius 2 is 1.54 bits per heavy atom. The Balaban J connectivity index is 0.000000226. The highest BCUT2D eigenvalue weighted by molar-refractivity contribution is 5.78. The molecule has 0 heterocycles. The molecule has 1 rings (SSSR count). The van der Waals surface area contributed by atoms with Crippen LogP contribution in [0.15, 0.2) is 0 Å². The van der Waals surface area contributed by atoms with Gasteiger partial charge in [-0.3, -0.25) is 9.59 Å². The summed E-state index contributed by atoms with van der Waals surface area (Å²) < 4.78 is 0. The molecule has 0 bridgehead atoms. The number of hydrogen-bond donors (Lipinski definition) is 0. The number of nitrogens with zero attached hydrogens (tertiary/aromatic N) is 1. The average Bonchev–Trinajstić information content (AvgIpc) is 2.06. The van der Waals surface area contributed by atoms with Gasteiger partial charge in [-0.15, -0.1) is 0 Å². The topological polar surface area (TPSA) is 37.4 Å². The zero-order chi connectivity index (χ0) is 10.3. The first kappa shape index (κ1) is 12.1. The third-order valence-electron chi connectivity index (χ3n) is 2.04. The lowest BCUT2D eigenvalue weighted by molar-refractivity contribution is -0.126. The monoisotopic (exact) mass is 185 g/mol. The normalized spacial score (nSPS) is 15.8. The van der Waals surface area contributed by atoms with E-state index in [9.17, 15) is 9.59 Å². The number of rotatable bonds is 0. The second-order valence-electron chi connectivity index (χ2n) is 3.51. The third kappa shape index (κ3) is 7.50. The minimum Gasteiger partial charge on any atom is -0.349 e. The highest BCUT2D eigenvalue weighted by Crippen LogP contribution is 2.12. The molecule has 0 N–H and O–H groups in total. The van der Waals surface area contributed by atoms with Crippen molar-refractivity contribution in [3.05, 3.63) is 0 Å². The predicted molar refractivity (Wildman–Crippen MR) is 52.5 cm³/mol. The lowest BCUT2D eigenvalue weighted by atomic mass is 10.00. The van der Waals surface area contributed by atoms with E-state index in [0.717, 1.165) is 25.7 Å². The van der Waals surface area contributed by atoms with Gasteiger partial charge in [-0.2, -0.15) is 0 Å². The van der Waals surface area contributed by atoms with Crippen molar-refractivity contribution < 1.29 is 9.59 Å². The summed E-state index contributed by atoms with van der Waals surface area (Å²) in [5, 5.41) is 0. The van der Waals surface area contributed by atoms with E-state index in [1.165, 1.54) is 18.2 Å². The predicted octanol–water partition coefficient (Wildman–Crippen LogP) is 1.61. The van der Waals surface area contributed by atoms with Crippen LogP contribution < -0.4 is 0 Å². The summed E-state index contributed by atoms with van der Waals surface area (Å²) in [4.78, 5) is 22.1. The Kier molecular flexibility index (Phi) is 6.20. The summed E-state index contributed by atoms with van der Waals surface area (Å²) in [5.74, 6) is 0.557. The van der Waals surface area contributed by atoms with E-state index in [-0.39, 0.29) is 5.91 Å². The van der Waals surface area contributed by atoms with Crippen LogP contribution in [0.2, 0.25) is 0 Å². The van der Waals surface area contributed by atoms with Crippen molar-refractivity contribution >= 4 is 11.7 Å². The summed E-state index contributed by atoms with van der Waals surface area (Å²) >= 11 is 0. The van der Waals surface area contributed by atoms with Crippen LogP contribution >= 0.6 is 0 Å². The van der Waals surface area contributed by atoms with Gasteiger partial charge < -0.3 is 4.90 Å². The van der Waals surface area contributed by atoms with Crippen molar-refractivity contribution in [1.82, 2.24) is 4.90 Å². The number of ketones is 1. The van der Waals surface area contributed by atoms with Gasteiger partial charge in [-0.25, -0.2) is 0 Å². The highest BCUT2D eigenvalue weighted by atomic mass is 16.2. The van der Waals surface area contributed by atoms with Gasteiger partial charge in [0.25, 0.3) is 0 Å². The standard InChI is InChI=1S/C6H10O.C4H9NO/c7-6-4-2-1-3-5-6;1-4(6)5(2)3/h1-5H2;1-3H3. The average molecular weight is 185 g/mol. The molecule has 13 heavy (non-hydrogen) atoms. The molecule has 0 atom stereocenters. The Morgan fingerprint density at radius 3 is 1.69 bits per heavy atom. The van der Waals surface area contributed by atoms with E-state index >= 15 is 0 Å². The Hall–Kier alpha value is -0.860. The molecule has 0 radical (unpaired) electrons. The molecule has 0 saturated heterocycles. The van der Waals surface area contributed by atoms with Crippen molar-refractivity contribution in [1.29, 1.82) is 0 Å². The van der Waals surface area contributed by atoms with Gasteiger partial charge in [0.05, 0.1) is 0 Å². The fraction of sp³-hybridized carbons (Fsp3) is 0.800. The molecule has 1 aliphatic carbocycles. The summed E-state index contributed by atoms with van der Waals surface area (Å²) in [6, 6.07) is 0. The highest BCUT2D eigenvalue weighted by Gasteiger charge is 2.05. The van der Waals surface area contributed by atoms with Crippen molar-refractivity contribution in [3.63, 3.8) is 0 Å². The first-order valence-corrected chi connectivity index (χ1v) is 4.73. The van der Waals surface area contributed by atoms with E-state index in [1.54, 1.807) is 14.1 Å². The van der Waals surface area contributed by atoms with Gasteiger partial charge in [0.1, 0.15) is 5.78 Å². The Bertz CT molecular complexity index is 168. The van der Waals surface area contributed by atoms with Crippen LogP contribution in [0.3, 0.4) is 0 Å². The quantitative estimate of drug-likeness (QED) is 0.575. The van der Waals surface area contributed by atoms with E-state index in [2.05, 4.69) is 0 Å². The number of carbonyl (C=O) groups is 2. The summed E-state index contributed by atoms with van der Waals surface area (Å²) in [7, 11) is 3.45. The van der Waals surface area contributed by atoms with Gasteiger partial charge in [0.15, 0.2) is 0 Å². The van der Waals surface area contributed by atoms with Crippen LogP contribution in [0.25, 0.3) is 0 Å². The number of amides is 1. The van der Waals surface area contributed by atoms with Crippen molar-refractivity contribution in [2.24, 2.45) is 0 Å². The fourth-order valence-electron chi connectivity index (χ4n) is 0.946. The maximum absolute atomic E-state index is 10.5. The molecule has 0 aromatic heterocycles. The Labute approximate surface area is 80.1 Å². The van der Waals surface area contributed by atoms with Gasteiger partial charge in [0, 0.05) is 33.9 Å². The van der Waals surface area contributed by atoms with Crippen LogP contribution in [0.4, 0.5) is 0 Å². The molecule has 1 fully saturated rings. The largest absolute Gasteiger partial charge is 0.349 e. The van der Waals surface area contributed by atoms with Gasteiger partial charge in [0.2, 0.25) is 5.91 Å². The first-order valence-electron chi connectivity index (χ1n) is 4.73. The van der Waals surface area contributed by atoms with E-state index < -0.39 is 0 Å². The van der Waals surface area contributed by atoms with Crippen LogP contribution in [-0.2, 0) is 9.59 Å². The lowest BCUT2D eigenvalue weighted by Gasteiger charge is -2.05. The molecule has 0 unspecified atom stereocenters. The minimum absolute atomic E-state index is 0.0926. The smallest absolute Gasteiger partial charge is 0.218 e. The molecule has 76 valence electrons. The molecule has 1 amide bonds. The van der Waals surface area contributed by atoms with Crippen molar-refractivity contribution in [3.8, 4) is 0 Å². The van der Waals surface area contributed by atoms with Crippen LogP contribution in [0.1, 0.15) is 39.0 Å². The SMILES string of the molecule is CC(=O)N(C)C.O=C1CCCCC1. The third-order valence-corrected chi connectivity index (χ3v) is 2.04. The second-order valence-corrected chi connectivity index (χ2v) is 3.51. The van der Waals surface area contributed by atoms with Gasteiger partial charge in [-0.05, 0) is 12.8 Å². The molecular weight excluding hydrogens is 166 g/mol. The molecule has 0 spiro atoms. The zero-order valence-corrected chi connectivity index (χ0v) is 8.80. The van der Waals surface area contributed by atoms with E-state index in [4.69, 9.17) is 0 Å². The summed E-state index contributed by atoms with van der Waals surface area (Å²) in [6.07, 6.45) is 5.24. The zero-order valence-electron chi connectivity index (χ0n) is 8.80. The minimum atomic E-state index is 0.0926. The van der Waals surface area contributed by atoms with Crippen LogP contribution in [0.5, 0.6) is 0 Å². The molecular formula is C10H19NO2. The fourth-order valence-corrected chi connectivity index (χ4v) is 0.946. The molecule has 3 nitrogen and oxygen atoms in total. The molecule has 0 aromatic rings. The van der Waals surface area contributed by atoms with E-state index in [0.29, 0.717) is 5.78 Å². The first-order chi connectivity index (χ1) is 6.04. The van der Waals surface area contributed by atoms with Crippen LogP contribution in [-0.4, -0.2) is 30.7 Å².